The smallest absolute Gasteiger partial charge is 0.243 e. The van der Waals surface area contributed by atoms with E-state index in [1.165, 1.54) is 6.07 Å². The fourth-order valence-electron chi connectivity index (χ4n) is 3.66. The zero-order chi connectivity index (χ0) is 23.6. The lowest BCUT2D eigenvalue weighted by molar-refractivity contribution is -0.140. The summed E-state index contributed by atoms with van der Waals surface area (Å²) < 4.78 is 15.2. The zero-order valence-electron chi connectivity index (χ0n) is 18.6. The number of nitrogens with zero attached hydrogens (tertiary/aromatic N) is 1. The molecule has 0 aromatic heterocycles. The number of benzene rings is 3. The van der Waals surface area contributed by atoms with Crippen LogP contribution in [-0.4, -0.2) is 29.3 Å². The normalized spacial score (nSPS) is 11.6. The van der Waals surface area contributed by atoms with Gasteiger partial charge in [-0.1, -0.05) is 83.5 Å². The first-order valence-corrected chi connectivity index (χ1v) is 11.9. The van der Waals surface area contributed by atoms with E-state index in [-0.39, 0.29) is 24.8 Å². The average molecular weight is 511 g/mol. The molecule has 0 aliphatic carbocycles. The summed E-state index contributed by atoms with van der Waals surface area (Å²) >= 11 is 3.47. The summed E-state index contributed by atoms with van der Waals surface area (Å²) in [6, 6.07) is 22.8. The van der Waals surface area contributed by atoms with Crippen LogP contribution in [0.25, 0.3) is 0 Å². The summed E-state index contributed by atoms with van der Waals surface area (Å²) in [6.45, 7) is 2.75. The second-order valence-electron chi connectivity index (χ2n) is 7.92. The van der Waals surface area contributed by atoms with Gasteiger partial charge >= 0.3 is 0 Å². The van der Waals surface area contributed by atoms with E-state index in [1.807, 2.05) is 61.5 Å². The van der Waals surface area contributed by atoms with Gasteiger partial charge in [-0.05, 0) is 41.3 Å². The monoisotopic (exact) mass is 510 g/mol. The molecule has 0 fully saturated rings. The Morgan fingerprint density at radius 2 is 1.67 bits per heavy atom. The maximum atomic E-state index is 14.3. The van der Waals surface area contributed by atoms with Crippen LogP contribution < -0.4 is 5.32 Å². The first kappa shape index (κ1) is 24.6. The third kappa shape index (κ3) is 7.26. The summed E-state index contributed by atoms with van der Waals surface area (Å²) in [5.41, 5.74) is 2.15. The third-order valence-corrected chi connectivity index (χ3v) is 5.86. The van der Waals surface area contributed by atoms with Crippen molar-refractivity contribution < 1.29 is 14.0 Å². The van der Waals surface area contributed by atoms with Crippen LogP contribution in [-0.2, 0) is 29.0 Å². The summed E-state index contributed by atoms with van der Waals surface area (Å²) in [5, 5.41) is 2.94. The van der Waals surface area contributed by atoms with E-state index in [4.69, 9.17) is 0 Å². The molecule has 4 nitrogen and oxygen atoms in total. The van der Waals surface area contributed by atoms with E-state index in [2.05, 4.69) is 21.2 Å². The molecule has 0 aliphatic rings. The molecule has 33 heavy (non-hydrogen) atoms. The van der Waals surface area contributed by atoms with Crippen molar-refractivity contribution in [1.82, 2.24) is 10.2 Å². The Bertz CT molecular complexity index is 1070. The summed E-state index contributed by atoms with van der Waals surface area (Å²) in [6.07, 6.45) is 1.04. The van der Waals surface area contributed by atoms with Crippen LogP contribution in [0.5, 0.6) is 0 Å². The van der Waals surface area contributed by atoms with Gasteiger partial charge in [0, 0.05) is 24.0 Å². The average Bonchev–Trinajstić information content (AvgIpc) is 2.82. The van der Waals surface area contributed by atoms with Gasteiger partial charge in [0.1, 0.15) is 11.9 Å². The minimum Gasteiger partial charge on any atom is -0.354 e. The third-order valence-electron chi connectivity index (χ3n) is 5.36. The van der Waals surface area contributed by atoms with Crippen molar-refractivity contribution in [2.24, 2.45) is 0 Å². The Morgan fingerprint density at radius 3 is 2.36 bits per heavy atom. The van der Waals surface area contributed by atoms with Crippen molar-refractivity contribution in [2.45, 2.75) is 38.8 Å². The standard InChI is InChI=1S/C27H28BrFN2O2/c1-2-15-30-27(33)25(17-20-9-4-3-5-10-20)31(19-21-11-8-13-23(28)16-21)26(32)18-22-12-6-7-14-24(22)29/h3-14,16,25H,2,15,17-19H2,1H3,(H,30,33)/t25-/m1/s1. The summed E-state index contributed by atoms with van der Waals surface area (Å²) in [4.78, 5) is 28.3. The first-order valence-electron chi connectivity index (χ1n) is 11.1. The number of amides is 2. The molecule has 0 radical (unpaired) electrons. The van der Waals surface area contributed by atoms with Gasteiger partial charge in [0.25, 0.3) is 0 Å². The number of halogens is 2. The molecule has 1 N–H and O–H groups in total. The van der Waals surface area contributed by atoms with Crippen LogP contribution in [0.4, 0.5) is 4.39 Å². The fraction of sp³-hybridized carbons (Fsp3) is 0.259. The SMILES string of the molecule is CCCNC(=O)[C@@H](Cc1ccccc1)N(Cc1cccc(Br)c1)C(=O)Cc1ccccc1F. The van der Waals surface area contributed by atoms with E-state index >= 15 is 0 Å². The maximum absolute atomic E-state index is 14.3. The summed E-state index contributed by atoms with van der Waals surface area (Å²) in [7, 11) is 0. The highest BCUT2D eigenvalue weighted by atomic mass is 79.9. The Kier molecular flexibility index (Phi) is 9.19. The van der Waals surface area contributed by atoms with Crippen LogP contribution in [0.15, 0.2) is 83.3 Å². The van der Waals surface area contributed by atoms with Crippen molar-refractivity contribution in [3.05, 3.63) is 106 Å². The molecule has 0 unspecified atom stereocenters. The van der Waals surface area contributed by atoms with Gasteiger partial charge in [0.15, 0.2) is 0 Å². The van der Waals surface area contributed by atoms with Crippen molar-refractivity contribution >= 4 is 27.7 Å². The molecular formula is C27H28BrFN2O2. The molecule has 3 aromatic carbocycles. The molecule has 2 amide bonds. The minimum absolute atomic E-state index is 0.118. The van der Waals surface area contributed by atoms with Gasteiger partial charge < -0.3 is 10.2 Å². The quantitative estimate of drug-likeness (QED) is 0.402. The van der Waals surface area contributed by atoms with Gasteiger partial charge in [-0.3, -0.25) is 9.59 Å². The number of hydrogen-bond donors (Lipinski definition) is 1. The largest absolute Gasteiger partial charge is 0.354 e. The van der Waals surface area contributed by atoms with Crippen LogP contribution in [0.3, 0.4) is 0 Å². The molecule has 0 saturated carbocycles. The van der Waals surface area contributed by atoms with Crippen LogP contribution in [0.1, 0.15) is 30.0 Å². The van der Waals surface area contributed by atoms with E-state index < -0.39 is 11.9 Å². The van der Waals surface area contributed by atoms with E-state index in [0.29, 0.717) is 18.5 Å². The molecule has 172 valence electrons. The van der Waals surface area contributed by atoms with Crippen molar-refractivity contribution in [2.75, 3.05) is 6.54 Å². The van der Waals surface area contributed by atoms with Crippen molar-refractivity contribution in [3.8, 4) is 0 Å². The Balaban J connectivity index is 1.96. The van der Waals surface area contributed by atoms with Crippen molar-refractivity contribution in [3.63, 3.8) is 0 Å². The van der Waals surface area contributed by atoms with Gasteiger partial charge in [-0.2, -0.15) is 0 Å². The second kappa shape index (κ2) is 12.3. The number of hydrogen-bond acceptors (Lipinski definition) is 2. The predicted octanol–water partition coefficient (Wildman–Crippen LogP) is 5.30. The maximum Gasteiger partial charge on any atom is 0.243 e. The van der Waals surface area contributed by atoms with Gasteiger partial charge in [-0.15, -0.1) is 0 Å². The van der Waals surface area contributed by atoms with Crippen LogP contribution in [0.2, 0.25) is 0 Å². The molecule has 6 heteroatoms. The highest BCUT2D eigenvalue weighted by Gasteiger charge is 2.30. The topological polar surface area (TPSA) is 49.4 Å². The minimum atomic E-state index is -0.725. The van der Waals surface area contributed by atoms with Gasteiger partial charge in [0.2, 0.25) is 11.8 Å². The van der Waals surface area contributed by atoms with E-state index in [9.17, 15) is 14.0 Å². The zero-order valence-corrected chi connectivity index (χ0v) is 20.2. The molecule has 0 spiro atoms. The number of carbonyl (C=O) groups excluding carboxylic acids is 2. The van der Waals surface area contributed by atoms with E-state index in [0.717, 1.165) is 22.0 Å². The molecular weight excluding hydrogens is 483 g/mol. The lowest BCUT2D eigenvalue weighted by Gasteiger charge is -2.32. The number of nitrogens with one attached hydrogen (secondary N) is 1. The van der Waals surface area contributed by atoms with Crippen LogP contribution in [0, 0.1) is 5.82 Å². The highest BCUT2D eigenvalue weighted by molar-refractivity contribution is 9.10. The Hall–Kier alpha value is -2.99. The molecule has 1 atom stereocenters. The second-order valence-corrected chi connectivity index (χ2v) is 8.83. The van der Waals surface area contributed by atoms with Gasteiger partial charge in [0.05, 0.1) is 6.42 Å². The van der Waals surface area contributed by atoms with Gasteiger partial charge in [-0.25, -0.2) is 4.39 Å². The number of rotatable bonds is 10. The predicted molar refractivity (Wildman–Crippen MR) is 132 cm³/mol. The molecule has 0 heterocycles. The fourth-order valence-corrected chi connectivity index (χ4v) is 4.10. The lowest BCUT2D eigenvalue weighted by atomic mass is 10.0. The molecule has 0 aliphatic heterocycles. The molecule has 0 saturated heterocycles. The first-order chi connectivity index (χ1) is 16.0. The Morgan fingerprint density at radius 1 is 0.970 bits per heavy atom. The molecule has 3 aromatic rings. The highest BCUT2D eigenvalue weighted by Crippen LogP contribution is 2.19. The van der Waals surface area contributed by atoms with E-state index in [1.54, 1.807) is 23.1 Å². The molecule has 3 rings (SSSR count). The number of carbonyl (C=O) groups is 2. The molecule has 0 bridgehead atoms. The summed E-state index contributed by atoms with van der Waals surface area (Å²) in [5.74, 6) is -0.937. The van der Waals surface area contributed by atoms with Crippen molar-refractivity contribution in [1.29, 1.82) is 0 Å². The lowest BCUT2D eigenvalue weighted by Crippen LogP contribution is -2.51. The Labute approximate surface area is 202 Å². The van der Waals surface area contributed by atoms with Crippen LogP contribution >= 0.6 is 15.9 Å².